The number of halogens is 1. The number of hydrogen-bond acceptors (Lipinski definition) is 4. The van der Waals surface area contributed by atoms with Gasteiger partial charge in [-0.3, -0.25) is 4.90 Å². The summed E-state index contributed by atoms with van der Waals surface area (Å²) in [7, 11) is 0. The SMILES string of the molecule is CC(C)(C)OC(=O)N1[C@H](C[C@H](F)CO)COC1(C)C. The second-order valence-electron chi connectivity index (χ2n) is 6.28. The molecule has 1 amide bonds. The van der Waals surface area contributed by atoms with Gasteiger partial charge in [0.2, 0.25) is 0 Å². The molecule has 1 saturated heterocycles. The maximum absolute atomic E-state index is 13.3. The lowest BCUT2D eigenvalue weighted by Crippen LogP contribution is -2.50. The van der Waals surface area contributed by atoms with Crippen molar-refractivity contribution in [1.29, 1.82) is 0 Å². The van der Waals surface area contributed by atoms with E-state index in [0.717, 1.165) is 0 Å². The summed E-state index contributed by atoms with van der Waals surface area (Å²) >= 11 is 0. The first kappa shape index (κ1) is 16.2. The van der Waals surface area contributed by atoms with Crippen LogP contribution < -0.4 is 0 Å². The van der Waals surface area contributed by atoms with E-state index in [9.17, 15) is 9.18 Å². The van der Waals surface area contributed by atoms with Crippen molar-refractivity contribution in [1.82, 2.24) is 4.90 Å². The van der Waals surface area contributed by atoms with Crippen LogP contribution in [0.4, 0.5) is 9.18 Å². The zero-order valence-corrected chi connectivity index (χ0v) is 12.3. The Morgan fingerprint density at radius 2 is 2.16 bits per heavy atom. The first-order valence-electron chi connectivity index (χ1n) is 6.48. The molecule has 5 nitrogen and oxygen atoms in total. The molecule has 19 heavy (non-hydrogen) atoms. The van der Waals surface area contributed by atoms with Crippen LogP contribution in [0.15, 0.2) is 0 Å². The molecule has 0 aromatic heterocycles. The van der Waals surface area contributed by atoms with E-state index in [-0.39, 0.29) is 13.0 Å². The van der Waals surface area contributed by atoms with Crippen LogP contribution in [0.2, 0.25) is 0 Å². The van der Waals surface area contributed by atoms with Gasteiger partial charge in [-0.15, -0.1) is 0 Å². The van der Waals surface area contributed by atoms with E-state index >= 15 is 0 Å². The van der Waals surface area contributed by atoms with Gasteiger partial charge in [0.15, 0.2) is 0 Å². The maximum atomic E-state index is 13.3. The molecule has 0 aromatic rings. The number of rotatable bonds is 3. The van der Waals surface area contributed by atoms with Crippen LogP contribution in [-0.2, 0) is 9.47 Å². The summed E-state index contributed by atoms with van der Waals surface area (Å²) in [6.45, 7) is 8.48. The molecule has 0 unspecified atom stereocenters. The minimum Gasteiger partial charge on any atom is -0.444 e. The van der Waals surface area contributed by atoms with Gasteiger partial charge in [-0.05, 0) is 34.6 Å². The number of hydrogen-bond donors (Lipinski definition) is 1. The predicted molar refractivity (Wildman–Crippen MR) is 68.5 cm³/mol. The van der Waals surface area contributed by atoms with Gasteiger partial charge in [0.25, 0.3) is 0 Å². The van der Waals surface area contributed by atoms with E-state index in [4.69, 9.17) is 14.6 Å². The van der Waals surface area contributed by atoms with Crippen molar-refractivity contribution in [3.8, 4) is 0 Å². The van der Waals surface area contributed by atoms with Gasteiger partial charge in [0.1, 0.15) is 17.5 Å². The van der Waals surface area contributed by atoms with Crippen LogP contribution >= 0.6 is 0 Å². The molecule has 0 radical (unpaired) electrons. The Balaban J connectivity index is 2.81. The van der Waals surface area contributed by atoms with E-state index in [1.807, 2.05) is 0 Å². The first-order chi connectivity index (χ1) is 8.57. The molecule has 1 rings (SSSR count). The molecule has 1 heterocycles. The summed E-state index contributed by atoms with van der Waals surface area (Å²) in [6, 6.07) is -0.424. The molecule has 1 fully saturated rings. The lowest BCUT2D eigenvalue weighted by molar-refractivity contribution is -0.0634. The number of carbonyl (C=O) groups is 1. The largest absolute Gasteiger partial charge is 0.444 e. The van der Waals surface area contributed by atoms with Gasteiger partial charge in [-0.1, -0.05) is 0 Å². The van der Waals surface area contributed by atoms with Crippen LogP contribution in [0.5, 0.6) is 0 Å². The van der Waals surface area contributed by atoms with E-state index in [1.165, 1.54) is 4.90 Å². The maximum Gasteiger partial charge on any atom is 0.412 e. The molecule has 1 aliphatic rings. The Morgan fingerprint density at radius 3 is 2.63 bits per heavy atom. The smallest absolute Gasteiger partial charge is 0.412 e. The van der Waals surface area contributed by atoms with Crippen molar-refractivity contribution in [2.24, 2.45) is 0 Å². The molecule has 112 valence electrons. The Bertz CT molecular complexity index is 327. The Hall–Kier alpha value is -0.880. The van der Waals surface area contributed by atoms with Crippen LogP contribution in [0, 0.1) is 0 Å². The van der Waals surface area contributed by atoms with Crippen molar-refractivity contribution in [2.75, 3.05) is 13.2 Å². The Kier molecular flexibility index (Phi) is 4.79. The average molecular weight is 277 g/mol. The quantitative estimate of drug-likeness (QED) is 0.858. The minimum atomic E-state index is -1.37. The molecular formula is C13H24FNO4. The van der Waals surface area contributed by atoms with Gasteiger partial charge in [-0.2, -0.15) is 0 Å². The molecule has 0 bridgehead atoms. The Morgan fingerprint density at radius 1 is 1.58 bits per heavy atom. The molecule has 0 aromatic carbocycles. The zero-order chi connectivity index (χ0) is 14.8. The molecular weight excluding hydrogens is 253 g/mol. The fourth-order valence-corrected chi connectivity index (χ4v) is 2.11. The van der Waals surface area contributed by atoms with E-state index in [1.54, 1.807) is 34.6 Å². The monoisotopic (exact) mass is 277 g/mol. The molecule has 0 spiro atoms. The third kappa shape index (κ3) is 4.31. The van der Waals surface area contributed by atoms with Crippen molar-refractivity contribution < 1.29 is 23.8 Å². The highest BCUT2D eigenvalue weighted by molar-refractivity contribution is 5.69. The number of alkyl halides is 1. The summed E-state index contributed by atoms with van der Waals surface area (Å²) in [6.07, 6.45) is -1.85. The topological polar surface area (TPSA) is 59.0 Å². The summed E-state index contributed by atoms with van der Waals surface area (Å²) < 4.78 is 24.2. The molecule has 0 aliphatic carbocycles. The zero-order valence-electron chi connectivity index (χ0n) is 12.3. The average Bonchev–Trinajstić information content (AvgIpc) is 2.51. The van der Waals surface area contributed by atoms with Crippen molar-refractivity contribution in [2.45, 2.75) is 64.6 Å². The normalized spacial score (nSPS) is 24.4. The van der Waals surface area contributed by atoms with E-state index in [0.29, 0.717) is 0 Å². The van der Waals surface area contributed by atoms with Crippen LogP contribution in [0.1, 0.15) is 41.0 Å². The van der Waals surface area contributed by atoms with Gasteiger partial charge < -0.3 is 14.6 Å². The molecule has 6 heteroatoms. The highest BCUT2D eigenvalue weighted by Gasteiger charge is 2.46. The third-order valence-electron chi connectivity index (χ3n) is 2.89. The number of carbonyl (C=O) groups excluding carboxylic acids is 1. The van der Waals surface area contributed by atoms with E-state index < -0.39 is 36.2 Å². The standard InChI is InChI=1S/C13H24FNO4/c1-12(2,3)19-11(17)15-10(6-9(14)7-16)8-18-13(15,4)5/h9-10,16H,6-8H2,1-5H3/t9-,10+/m0/s1. The second-order valence-corrected chi connectivity index (χ2v) is 6.28. The number of aliphatic hydroxyl groups is 1. The first-order valence-corrected chi connectivity index (χ1v) is 6.48. The van der Waals surface area contributed by atoms with Crippen LogP contribution in [0.3, 0.4) is 0 Å². The number of amides is 1. The number of aliphatic hydroxyl groups excluding tert-OH is 1. The molecule has 0 saturated carbocycles. The fourth-order valence-electron chi connectivity index (χ4n) is 2.11. The molecule has 1 N–H and O–H groups in total. The molecule has 2 atom stereocenters. The summed E-state index contributed by atoms with van der Waals surface area (Å²) in [5.74, 6) is 0. The summed E-state index contributed by atoms with van der Waals surface area (Å²) in [4.78, 5) is 13.6. The van der Waals surface area contributed by atoms with Gasteiger partial charge in [0, 0.05) is 6.42 Å². The van der Waals surface area contributed by atoms with Gasteiger partial charge >= 0.3 is 6.09 Å². The lowest BCUT2D eigenvalue weighted by atomic mass is 10.1. The fraction of sp³-hybridized carbons (Fsp3) is 0.923. The third-order valence-corrected chi connectivity index (χ3v) is 2.89. The van der Waals surface area contributed by atoms with Crippen LogP contribution in [-0.4, -0.2) is 52.9 Å². The van der Waals surface area contributed by atoms with Gasteiger partial charge in [-0.25, -0.2) is 9.18 Å². The van der Waals surface area contributed by atoms with Crippen molar-refractivity contribution in [3.63, 3.8) is 0 Å². The number of nitrogens with zero attached hydrogens (tertiary/aromatic N) is 1. The van der Waals surface area contributed by atoms with Crippen molar-refractivity contribution in [3.05, 3.63) is 0 Å². The minimum absolute atomic E-state index is 0.0408. The van der Waals surface area contributed by atoms with Crippen LogP contribution in [0.25, 0.3) is 0 Å². The highest BCUT2D eigenvalue weighted by atomic mass is 19.1. The Labute approximate surface area is 113 Å². The summed E-state index contributed by atoms with van der Waals surface area (Å²) in [5.41, 5.74) is -1.45. The highest BCUT2D eigenvalue weighted by Crippen LogP contribution is 2.31. The van der Waals surface area contributed by atoms with Gasteiger partial charge in [0.05, 0.1) is 19.3 Å². The lowest BCUT2D eigenvalue weighted by Gasteiger charge is -2.35. The van der Waals surface area contributed by atoms with Crippen molar-refractivity contribution >= 4 is 6.09 Å². The molecule has 1 aliphatic heterocycles. The van der Waals surface area contributed by atoms with E-state index in [2.05, 4.69) is 0 Å². The number of ether oxygens (including phenoxy) is 2. The summed E-state index contributed by atoms with van der Waals surface area (Å²) in [5, 5.41) is 8.79. The predicted octanol–water partition coefficient (Wildman–Crippen LogP) is 2.08. The second kappa shape index (κ2) is 5.63.